The van der Waals surface area contributed by atoms with Crippen molar-refractivity contribution >= 4 is 17.3 Å². The van der Waals surface area contributed by atoms with Crippen LogP contribution in [0.15, 0.2) is 18.2 Å². The average molecular weight is 244 g/mol. The molecule has 0 fully saturated rings. The summed E-state index contributed by atoms with van der Waals surface area (Å²) in [4.78, 5) is 12.0. The summed E-state index contributed by atoms with van der Waals surface area (Å²) in [6, 6.07) is 4.67. The number of alkyl halides is 3. The van der Waals surface area contributed by atoms with E-state index in [2.05, 4.69) is 0 Å². The van der Waals surface area contributed by atoms with E-state index in [1.165, 1.54) is 6.07 Å². The van der Waals surface area contributed by atoms with Gasteiger partial charge in [-0.05, 0) is 30.5 Å². The SMILES string of the molecule is Nc1cccc2c1CCCN2C(=O)C(F)(F)F. The molecule has 0 aliphatic carbocycles. The van der Waals surface area contributed by atoms with Gasteiger partial charge >= 0.3 is 12.1 Å². The van der Waals surface area contributed by atoms with Gasteiger partial charge < -0.3 is 10.6 Å². The van der Waals surface area contributed by atoms with Crippen molar-refractivity contribution < 1.29 is 18.0 Å². The minimum absolute atomic E-state index is 0.0782. The van der Waals surface area contributed by atoms with Gasteiger partial charge in [0.2, 0.25) is 0 Å². The highest BCUT2D eigenvalue weighted by molar-refractivity contribution is 5.99. The highest BCUT2D eigenvalue weighted by atomic mass is 19.4. The molecule has 17 heavy (non-hydrogen) atoms. The van der Waals surface area contributed by atoms with Crippen molar-refractivity contribution in [1.82, 2.24) is 0 Å². The molecule has 0 unspecified atom stereocenters. The Morgan fingerprint density at radius 1 is 1.35 bits per heavy atom. The third-order valence-corrected chi connectivity index (χ3v) is 2.77. The maximum absolute atomic E-state index is 12.4. The summed E-state index contributed by atoms with van der Waals surface area (Å²) in [5.74, 6) is -1.83. The minimum atomic E-state index is -4.85. The second kappa shape index (κ2) is 3.94. The first kappa shape index (κ1) is 11.8. The van der Waals surface area contributed by atoms with E-state index >= 15 is 0 Å². The van der Waals surface area contributed by atoms with Crippen molar-refractivity contribution in [3.05, 3.63) is 23.8 Å². The Kier molecular flexibility index (Phi) is 2.73. The Morgan fingerprint density at radius 3 is 2.71 bits per heavy atom. The molecule has 1 aliphatic heterocycles. The maximum Gasteiger partial charge on any atom is 0.471 e. The number of fused-ring (bicyclic) bond motifs is 1. The number of anilines is 2. The smallest absolute Gasteiger partial charge is 0.398 e. The summed E-state index contributed by atoms with van der Waals surface area (Å²) < 4.78 is 37.2. The van der Waals surface area contributed by atoms with Crippen LogP contribution in [0.2, 0.25) is 0 Å². The Balaban J connectivity index is 2.42. The van der Waals surface area contributed by atoms with E-state index in [-0.39, 0.29) is 12.2 Å². The molecule has 2 rings (SSSR count). The number of hydrogen-bond acceptors (Lipinski definition) is 2. The second-order valence-electron chi connectivity index (χ2n) is 3.90. The van der Waals surface area contributed by atoms with Gasteiger partial charge in [0.1, 0.15) is 0 Å². The number of amides is 1. The lowest BCUT2D eigenvalue weighted by atomic mass is 10.00. The van der Waals surface area contributed by atoms with E-state index in [0.29, 0.717) is 24.1 Å². The predicted octanol–water partition coefficient (Wildman–Crippen LogP) is 2.11. The van der Waals surface area contributed by atoms with Crippen LogP contribution in [0.4, 0.5) is 24.5 Å². The molecule has 1 aromatic carbocycles. The average Bonchev–Trinajstić information content (AvgIpc) is 2.27. The zero-order chi connectivity index (χ0) is 12.6. The summed E-state index contributed by atoms with van der Waals surface area (Å²) in [5.41, 5.74) is 7.02. The highest BCUT2D eigenvalue weighted by Crippen LogP contribution is 2.33. The van der Waals surface area contributed by atoms with Crippen LogP contribution in [0.5, 0.6) is 0 Å². The summed E-state index contributed by atoms with van der Waals surface area (Å²) in [6.07, 6.45) is -3.76. The molecule has 6 heteroatoms. The van der Waals surface area contributed by atoms with Gasteiger partial charge in [0.25, 0.3) is 0 Å². The van der Waals surface area contributed by atoms with E-state index in [1.54, 1.807) is 12.1 Å². The zero-order valence-electron chi connectivity index (χ0n) is 8.92. The first-order valence-electron chi connectivity index (χ1n) is 5.17. The highest BCUT2D eigenvalue weighted by Gasteiger charge is 2.44. The normalized spacial score (nSPS) is 15.6. The van der Waals surface area contributed by atoms with Gasteiger partial charge in [-0.1, -0.05) is 6.07 Å². The standard InChI is InChI=1S/C11H11F3N2O/c12-11(13,14)10(17)16-6-2-3-7-8(15)4-1-5-9(7)16/h1,4-5H,2-3,6,15H2. The van der Waals surface area contributed by atoms with Gasteiger partial charge in [0.05, 0.1) is 0 Å². The molecule has 0 saturated heterocycles. The topological polar surface area (TPSA) is 46.3 Å². The number of benzene rings is 1. The van der Waals surface area contributed by atoms with Crippen molar-refractivity contribution in [3.8, 4) is 0 Å². The third-order valence-electron chi connectivity index (χ3n) is 2.77. The summed E-state index contributed by atoms with van der Waals surface area (Å²) in [6.45, 7) is 0.0782. The molecule has 0 spiro atoms. The third kappa shape index (κ3) is 2.07. The molecule has 0 bridgehead atoms. The largest absolute Gasteiger partial charge is 0.471 e. The Labute approximate surface area is 96.0 Å². The van der Waals surface area contributed by atoms with E-state index < -0.39 is 12.1 Å². The van der Waals surface area contributed by atoms with Crippen molar-refractivity contribution in [1.29, 1.82) is 0 Å². The minimum Gasteiger partial charge on any atom is -0.398 e. The quantitative estimate of drug-likeness (QED) is 0.710. The van der Waals surface area contributed by atoms with Crippen molar-refractivity contribution in [2.45, 2.75) is 19.0 Å². The van der Waals surface area contributed by atoms with E-state index in [0.717, 1.165) is 4.90 Å². The monoisotopic (exact) mass is 244 g/mol. The van der Waals surface area contributed by atoms with Crippen LogP contribution in [0.25, 0.3) is 0 Å². The van der Waals surface area contributed by atoms with Crippen molar-refractivity contribution in [3.63, 3.8) is 0 Å². The number of nitrogens with zero attached hydrogens (tertiary/aromatic N) is 1. The molecular weight excluding hydrogens is 233 g/mol. The van der Waals surface area contributed by atoms with Crippen molar-refractivity contribution in [2.24, 2.45) is 0 Å². The Bertz CT molecular complexity index is 457. The van der Waals surface area contributed by atoms with Crippen LogP contribution in [0, 0.1) is 0 Å². The van der Waals surface area contributed by atoms with Gasteiger partial charge in [0.15, 0.2) is 0 Å². The molecule has 0 saturated carbocycles. The van der Waals surface area contributed by atoms with Crippen molar-refractivity contribution in [2.75, 3.05) is 17.2 Å². The van der Waals surface area contributed by atoms with E-state index in [4.69, 9.17) is 5.73 Å². The molecule has 92 valence electrons. The van der Waals surface area contributed by atoms with Gasteiger partial charge in [-0.3, -0.25) is 4.79 Å². The molecule has 2 N–H and O–H groups in total. The Hall–Kier alpha value is -1.72. The summed E-state index contributed by atoms with van der Waals surface area (Å²) in [7, 11) is 0. The zero-order valence-corrected chi connectivity index (χ0v) is 8.92. The molecule has 1 heterocycles. The van der Waals surface area contributed by atoms with Gasteiger partial charge in [-0.25, -0.2) is 0 Å². The van der Waals surface area contributed by atoms with Crippen LogP contribution in [0.3, 0.4) is 0 Å². The van der Waals surface area contributed by atoms with Crippen LogP contribution in [-0.4, -0.2) is 18.6 Å². The second-order valence-corrected chi connectivity index (χ2v) is 3.90. The fourth-order valence-electron chi connectivity index (χ4n) is 2.02. The maximum atomic E-state index is 12.4. The fourth-order valence-corrected chi connectivity index (χ4v) is 2.02. The lowest BCUT2D eigenvalue weighted by Crippen LogP contribution is -2.44. The van der Waals surface area contributed by atoms with Crippen LogP contribution in [0.1, 0.15) is 12.0 Å². The van der Waals surface area contributed by atoms with Crippen LogP contribution in [-0.2, 0) is 11.2 Å². The number of hydrogen-bond donors (Lipinski definition) is 1. The molecule has 0 radical (unpaired) electrons. The van der Waals surface area contributed by atoms with Gasteiger partial charge in [-0.2, -0.15) is 13.2 Å². The first-order valence-corrected chi connectivity index (χ1v) is 5.17. The summed E-state index contributed by atoms with van der Waals surface area (Å²) >= 11 is 0. The van der Waals surface area contributed by atoms with Gasteiger partial charge in [-0.15, -0.1) is 0 Å². The molecule has 1 aromatic rings. The number of nitrogen functional groups attached to an aromatic ring is 1. The first-order chi connectivity index (χ1) is 7.91. The number of carbonyl (C=O) groups is 1. The number of halogens is 3. The molecule has 1 aliphatic rings. The lowest BCUT2D eigenvalue weighted by molar-refractivity contribution is -0.170. The number of carbonyl (C=O) groups excluding carboxylic acids is 1. The predicted molar refractivity (Wildman–Crippen MR) is 57.6 cm³/mol. The Morgan fingerprint density at radius 2 is 2.06 bits per heavy atom. The van der Waals surface area contributed by atoms with Gasteiger partial charge in [0, 0.05) is 17.9 Å². The molecular formula is C11H11F3N2O. The fraction of sp³-hybridized carbons (Fsp3) is 0.364. The van der Waals surface area contributed by atoms with E-state index in [1.807, 2.05) is 0 Å². The van der Waals surface area contributed by atoms with Crippen LogP contribution < -0.4 is 10.6 Å². The lowest BCUT2D eigenvalue weighted by Gasteiger charge is -2.30. The molecule has 1 amide bonds. The number of nitrogens with two attached hydrogens (primary N) is 1. The molecule has 0 aromatic heterocycles. The van der Waals surface area contributed by atoms with E-state index in [9.17, 15) is 18.0 Å². The number of rotatable bonds is 0. The van der Waals surface area contributed by atoms with Crippen LogP contribution >= 0.6 is 0 Å². The molecule has 0 atom stereocenters. The molecule has 3 nitrogen and oxygen atoms in total. The summed E-state index contributed by atoms with van der Waals surface area (Å²) in [5, 5.41) is 0.